The Kier molecular flexibility index (Phi) is 11.8. The normalized spacial score (nSPS) is 20.4. The summed E-state index contributed by atoms with van der Waals surface area (Å²) in [7, 11) is 3.38. The van der Waals surface area contributed by atoms with E-state index in [1.807, 2.05) is 6.07 Å². The van der Waals surface area contributed by atoms with E-state index < -0.39 is 0 Å². The van der Waals surface area contributed by atoms with Crippen molar-refractivity contribution in [2.75, 3.05) is 71.6 Å². The zero-order chi connectivity index (χ0) is 22.9. The van der Waals surface area contributed by atoms with E-state index in [1.54, 1.807) is 14.2 Å². The third-order valence-corrected chi connectivity index (χ3v) is 6.30. The van der Waals surface area contributed by atoms with Crippen LogP contribution in [-0.4, -0.2) is 89.6 Å². The summed E-state index contributed by atoms with van der Waals surface area (Å²) in [6, 6.07) is 6.81. The van der Waals surface area contributed by atoms with Crippen LogP contribution in [0.3, 0.4) is 0 Å². The lowest BCUT2D eigenvalue weighted by molar-refractivity contribution is 0.00867. The summed E-state index contributed by atoms with van der Waals surface area (Å²) in [6.45, 7) is 13.8. The SMILES string of the molecule is CCNC(=NCC(C(C)C)N1CCOCC1)NC1CCN(c2cc(OC)cc(OC)c2)C1.I. The molecule has 8 nitrogen and oxygen atoms in total. The van der Waals surface area contributed by atoms with Gasteiger partial charge in [-0.1, -0.05) is 13.8 Å². The van der Waals surface area contributed by atoms with Crippen LogP contribution in [-0.2, 0) is 4.74 Å². The Balaban J connectivity index is 0.00000385. The fourth-order valence-electron chi connectivity index (χ4n) is 4.44. The highest BCUT2D eigenvalue weighted by Gasteiger charge is 2.26. The molecule has 2 fully saturated rings. The fraction of sp³-hybridized carbons (Fsp3) is 0.708. The van der Waals surface area contributed by atoms with Gasteiger partial charge in [-0.15, -0.1) is 24.0 Å². The summed E-state index contributed by atoms with van der Waals surface area (Å²) >= 11 is 0. The zero-order valence-electron chi connectivity index (χ0n) is 20.8. The van der Waals surface area contributed by atoms with Crippen LogP contribution in [0.1, 0.15) is 27.2 Å². The molecule has 3 rings (SSSR count). The second-order valence-electron chi connectivity index (χ2n) is 8.83. The van der Waals surface area contributed by atoms with E-state index in [0.29, 0.717) is 18.0 Å². The molecule has 0 saturated carbocycles. The summed E-state index contributed by atoms with van der Waals surface area (Å²) < 4.78 is 16.4. The lowest BCUT2D eigenvalue weighted by Crippen LogP contribution is -2.49. The number of methoxy groups -OCH3 is 2. The predicted molar refractivity (Wildman–Crippen MR) is 146 cm³/mol. The van der Waals surface area contributed by atoms with Crippen molar-refractivity contribution in [3.8, 4) is 11.5 Å². The highest BCUT2D eigenvalue weighted by Crippen LogP contribution is 2.30. The molecule has 0 bridgehead atoms. The predicted octanol–water partition coefficient (Wildman–Crippen LogP) is 2.81. The molecule has 2 atom stereocenters. The highest BCUT2D eigenvalue weighted by molar-refractivity contribution is 14.0. The molecule has 2 saturated heterocycles. The minimum Gasteiger partial charge on any atom is -0.497 e. The first-order valence-corrected chi connectivity index (χ1v) is 11.9. The Bertz CT molecular complexity index is 721. The number of anilines is 1. The molecule has 0 amide bonds. The molecule has 0 spiro atoms. The van der Waals surface area contributed by atoms with Gasteiger partial charge in [0.2, 0.25) is 0 Å². The molecule has 0 aromatic heterocycles. The molecule has 0 radical (unpaired) electrons. The van der Waals surface area contributed by atoms with Crippen LogP contribution in [0.2, 0.25) is 0 Å². The number of benzene rings is 1. The Morgan fingerprint density at radius 2 is 1.79 bits per heavy atom. The van der Waals surface area contributed by atoms with Crippen LogP contribution in [0.25, 0.3) is 0 Å². The molecule has 9 heteroatoms. The maximum absolute atomic E-state index is 5.54. The first kappa shape index (κ1) is 27.8. The lowest BCUT2D eigenvalue weighted by atomic mass is 10.0. The highest BCUT2D eigenvalue weighted by atomic mass is 127. The van der Waals surface area contributed by atoms with Crippen LogP contribution >= 0.6 is 24.0 Å². The molecule has 2 aliphatic heterocycles. The van der Waals surface area contributed by atoms with E-state index in [2.05, 4.69) is 53.3 Å². The Hall–Kier alpha value is -1.46. The van der Waals surface area contributed by atoms with E-state index in [1.165, 1.54) is 0 Å². The molecule has 2 aliphatic rings. The van der Waals surface area contributed by atoms with Crippen LogP contribution in [0.5, 0.6) is 11.5 Å². The second kappa shape index (κ2) is 14.1. The van der Waals surface area contributed by atoms with Gasteiger partial charge in [-0.25, -0.2) is 0 Å². The minimum absolute atomic E-state index is 0. The van der Waals surface area contributed by atoms with E-state index in [-0.39, 0.29) is 24.0 Å². The van der Waals surface area contributed by atoms with E-state index >= 15 is 0 Å². The van der Waals surface area contributed by atoms with Gasteiger partial charge in [0.05, 0.1) is 34.0 Å². The largest absolute Gasteiger partial charge is 0.497 e. The van der Waals surface area contributed by atoms with E-state index in [0.717, 1.165) is 82.0 Å². The number of hydrogen-bond donors (Lipinski definition) is 2. The van der Waals surface area contributed by atoms with Crippen molar-refractivity contribution >= 4 is 35.6 Å². The standard InChI is InChI=1S/C24H41N5O3.HI/c1-6-25-24(26-16-23(18(2)3)28-9-11-32-12-10-28)27-19-7-8-29(17-19)20-13-21(30-4)15-22(14-20)31-5;/h13-15,18-19,23H,6-12,16-17H2,1-5H3,(H2,25,26,27);1H. The fourth-order valence-corrected chi connectivity index (χ4v) is 4.44. The van der Waals surface area contributed by atoms with Crippen molar-refractivity contribution < 1.29 is 14.2 Å². The zero-order valence-corrected chi connectivity index (χ0v) is 23.1. The van der Waals surface area contributed by atoms with Crippen LogP contribution in [0.15, 0.2) is 23.2 Å². The van der Waals surface area contributed by atoms with Gasteiger partial charge in [-0.3, -0.25) is 9.89 Å². The quantitative estimate of drug-likeness (QED) is 0.267. The van der Waals surface area contributed by atoms with Crippen molar-refractivity contribution in [3.63, 3.8) is 0 Å². The van der Waals surface area contributed by atoms with E-state index in [4.69, 9.17) is 19.2 Å². The van der Waals surface area contributed by atoms with Gasteiger partial charge < -0.3 is 29.7 Å². The maximum Gasteiger partial charge on any atom is 0.191 e. The topological polar surface area (TPSA) is 70.6 Å². The number of ether oxygens (including phenoxy) is 3. The summed E-state index contributed by atoms with van der Waals surface area (Å²) in [5, 5.41) is 7.10. The van der Waals surface area contributed by atoms with Gasteiger partial charge >= 0.3 is 0 Å². The Morgan fingerprint density at radius 1 is 1.12 bits per heavy atom. The van der Waals surface area contributed by atoms with Crippen LogP contribution < -0.4 is 25.0 Å². The van der Waals surface area contributed by atoms with Gasteiger partial charge in [-0.05, 0) is 19.3 Å². The summed E-state index contributed by atoms with van der Waals surface area (Å²) in [5.74, 6) is 3.08. The van der Waals surface area contributed by atoms with Gasteiger partial charge in [-0.2, -0.15) is 0 Å². The number of morpholine rings is 1. The van der Waals surface area contributed by atoms with Crippen molar-refractivity contribution in [1.29, 1.82) is 0 Å². The van der Waals surface area contributed by atoms with Crippen molar-refractivity contribution in [3.05, 3.63) is 18.2 Å². The third-order valence-electron chi connectivity index (χ3n) is 6.30. The molecule has 2 N–H and O–H groups in total. The molecule has 0 aliphatic carbocycles. The van der Waals surface area contributed by atoms with Crippen molar-refractivity contribution in [2.24, 2.45) is 10.9 Å². The third kappa shape index (κ3) is 8.06. The van der Waals surface area contributed by atoms with Crippen LogP contribution in [0.4, 0.5) is 5.69 Å². The van der Waals surface area contributed by atoms with Gasteiger partial charge in [0.25, 0.3) is 0 Å². The summed E-state index contributed by atoms with van der Waals surface area (Å²) in [6.07, 6.45) is 1.06. The number of hydrogen-bond acceptors (Lipinski definition) is 6. The minimum atomic E-state index is 0. The molecular formula is C24H42IN5O3. The first-order valence-electron chi connectivity index (χ1n) is 11.9. The molecule has 1 aromatic rings. The summed E-state index contributed by atoms with van der Waals surface area (Å²) in [4.78, 5) is 9.87. The number of nitrogens with one attached hydrogen (secondary N) is 2. The Labute approximate surface area is 216 Å². The van der Waals surface area contributed by atoms with Crippen molar-refractivity contribution in [2.45, 2.75) is 39.3 Å². The molecule has 188 valence electrons. The monoisotopic (exact) mass is 575 g/mol. The molecule has 2 heterocycles. The molecule has 1 aromatic carbocycles. The molecule has 33 heavy (non-hydrogen) atoms. The number of aliphatic imine (C=N–C) groups is 1. The number of guanidine groups is 1. The smallest absolute Gasteiger partial charge is 0.191 e. The molecule has 2 unspecified atom stereocenters. The average Bonchev–Trinajstić information content (AvgIpc) is 3.28. The first-order chi connectivity index (χ1) is 15.5. The Morgan fingerprint density at radius 3 is 2.36 bits per heavy atom. The van der Waals surface area contributed by atoms with Gasteiger partial charge in [0.1, 0.15) is 11.5 Å². The van der Waals surface area contributed by atoms with Gasteiger partial charge in [0, 0.05) is 68.7 Å². The lowest BCUT2D eigenvalue weighted by Gasteiger charge is -2.36. The summed E-state index contributed by atoms with van der Waals surface area (Å²) in [5.41, 5.74) is 1.12. The second-order valence-corrected chi connectivity index (χ2v) is 8.83. The number of halogens is 1. The number of nitrogens with zero attached hydrogens (tertiary/aromatic N) is 3. The van der Waals surface area contributed by atoms with Crippen LogP contribution in [0, 0.1) is 5.92 Å². The number of rotatable bonds is 9. The van der Waals surface area contributed by atoms with Gasteiger partial charge in [0.15, 0.2) is 5.96 Å². The average molecular weight is 576 g/mol. The van der Waals surface area contributed by atoms with E-state index in [9.17, 15) is 0 Å². The molecular weight excluding hydrogens is 533 g/mol. The van der Waals surface area contributed by atoms with Crippen molar-refractivity contribution in [1.82, 2.24) is 15.5 Å². The maximum atomic E-state index is 5.54.